The number of hydrogen-bond donors (Lipinski definition) is 0. The van der Waals surface area contributed by atoms with E-state index in [1.54, 1.807) is 7.05 Å². The van der Waals surface area contributed by atoms with Gasteiger partial charge < -0.3 is 0 Å². The van der Waals surface area contributed by atoms with Crippen LogP contribution in [0.5, 0.6) is 0 Å². The average molecular weight is 333 g/mol. The van der Waals surface area contributed by atoms with Crippen molar-refractivity contribution >= 4 is 10.0 Å². The van der Waals surface area contributed by atoms with Crippen molar-refractivity contribution in [3.63, 3.8) is 0 Å². The van der Waals surface area contributed by atoms with Crippen LogP contribution in [-0.4, -0.2) is 19.8 Å². The maximum Gasteiger partial charge on any atom is 0.218 e. The van der Waals surface area contributed by atoms with Gasteiger partial charge in [0.1, 0.15) is 5.82 Å². The molecule has 23 heavy (non-hydrogen) atoms. The monoisotopic (exact) mass is 333 g/mol. The first-order chi connectivity index (χ1) is 11.0. The lowest BCUT2D eigenvalue weighted by atomic mass is 9.88. The van der Waals surface area contributed by atoms with E-state index in [1.807, 2.05) is 18.2 Å². The van der Waals surface area contributed by atoms with Crippen LogP contribution >= 0.6 is 0 Å². The Bertz CT molecular complexity index is 787. The molecule has 122 valence electrons. The summed E-state index contributed by atoms with van der Waals surface area (Å²) in [6, 6.07) is 13.6. The van der Waals surface area contributed by atoms with E-state index in [4.69, 9.17) is 0 Å². The Labute approximate surface area is 136 Å². The van der Waals surface area contributed by atoms with Crippen LogP contribution in [0.4, 0.5) is 4.39 Å². The van der Waals surface area contributed by atoms with Crippen molar-refractivity contribution in [2.75, 3.05) is 7.05 Å². The minimum atomic E-state index is -3.46. The largest absolute Gasteiger partial charge is 0.218 e. The van der Waals surface area contributed by atoms with Crippen LogP contribution in [0, 0.1) is 5.82 Å². The topological polar surface area (TPSA) is 37.4 Å². The highest BCUT2D eigenvalue weighted by atomic mass is 32.2. The zero-order valence-corrected chi connectivity index (χ0v) is 13.9. The number of fused-ring (bicyclic) bond motifs is 1. The van der Waals surface area contributed by atoms with Gasteiger partial charge in [0.2, 0.25) is 10.0 Å². The fraction of sp³-hybridized carbons (Fsp3) is 0.333. The van der Waals surface area contributed by atoms with Crippen molar-refractivity contribution in [3.05, 3.63) is 71.0 Å². The van der Waals surface area contributed by atoms with Gasteiger partial charge in [-0.1, -0.05) is 36.4 Å². The molecule has 0 saturated heterocycles. The Balaban J connectivity index is 1.84. The number of nitrogens with zero attached hydrogens (tertiary/aromatic N) is 1. The molecule has 3 nitrogen and oxygen atoms in total. The Morgan fingerprint density at radius 1 is 1.13 bits per heavy atom. The van der Waals surface area contributed by atoms with E-state index in [-0.39, 0.29) is 17.6 Å². The normalized spacial score (nSPS) is 18.0. The van der Waals surface area contributed by atoms with Gasteiger partial charge in [0.05, 0.1) is 5.75 Å². The number of sulfonamides is 1. The summed E-state index contributed by atoms with van der Waals surface area (Å²) in [5, 5.41) is 0. The lowest BCUT2D eigenvalue weighted by Gasteiger charge is -2.32. The molecule has 0 fully saturated rings. The van der Waals surface area contributed by atoms with E-state index in [9.17, 15) is 12.8 Å². The van der Waals surface area contributed by atoms with Crippen molar-refractivity contribution in [3.8, 4) is 0 Å². The predicted octanol–water partition coefficient (Wildman–Crippen LogP) is 3.66. The molecular formula is C18H20FNO2S. The number of aryl methyl sites for hydroxylation is 1. The Kier molecular flexibility index (Phi) is 4.50. The second-order valence-electron chi connectivity index (χ2n) is 6.01. The molecule has 1 atom stereocenters. The SMILES string of the molecule is CN([C@H]1CCCc2ccccc21)S(=O)(=O)Cc1ccc(F)cc1. The van der Waals surface area contributed by atoms with Gasteiger partial charge in [0.25, 0.3) is 0 Å². The zero-order chi connectivity index (χ0) is 16.4. The lowest BCUT2D eigenvalue weighted by molar-refractivity contribution is 0.337. The highest BCUT2D eigenvalue weighted by Crippen LogP contribution is 2.35. The van der Waals surface area contributed by atoms with Crippen LogP contribution < -0.4 is 0 Å². The van der Waals surface area contributed by atoms with Gasteiger partial charge in [0, 0.05) is 13.1 Å². The van der Waals surface area contributed by atoms with E-state index < -0.39 is 10.0 Å². The summed E-state index contributed by atoms with van der Waals surface area (Å²) < 4.78 is 39.9. The van der Waals surface area contributed by atoms with Crippen LogP contribution in [0.1, 0.15) is 35.6 Å². The standard InChI is InChI=1S/C18H20FNO2S/c1-20(18-8-4-6-15-5-2-3-7-17(15)18)23(21,22)13-14-9-11-16(19)12-10-14/h2-3,5,7,9-12,18H,4,6,8,13H2,1H3/t18-/m0/s1. The molecule has 1 aliphatic rings. The molecule has 0 saturated carbocycles. The number of hydrogen-bond acceptors (Lipinski definition) is 2. The van der Waals surface area contributed by atoms with Crippen molar-refractivity contribution in [2.24, 2.45) is 0 Å². The van der Waals surface area contributed by atoms with Crippen LogP contribution in [0.15, 0.2) is 48.5 Å². The van der Waals surface area contributed by atoms with Gasteiger partial charge in [0.15, 0.2) is 0 Å². The number of benzene rings is 2. The third-order valence-electron chi connectivity index (χ3n) is 4.48. The predicted molar refractivity (Wildman–Crippen MR) is 88.9 cm³/mol. The molecule has 1 aliphatic carbocycles. The third-order valence-corrected chi connectivity index (χ3v) is 6.31. The summed E-state index contributed by atoms with van der Waals surface area (Å²) in [5.41, 5.74) is 2.93. The quantitative estimate of drug-likeness (QED) is 0.856. The molecule has 0 heterocycles. The summed E-state index contributed by atoms with van der Waals surface area (Å²) in [7, 11) is -1.81. The molecular weight excluding hydrogens is 313 g/mol. The maximum atomic E-state index is 13.0. The van der Waals surface area contributed by atoms with Gasteiger partial charge >= 0.3 is 0 Å². The number of rotatable bonds is 4. The highest BCUT2D eigenvalue weighted by molar-refractivity contribution is 7.88. The van der Waals surface area contributed by atoms with Crippen molar-refractivity contribution in [1.82, 2.24) is 4.31 Å². The molecule has 2 aromatic rings. The summed E-state index contributed by atoms with van der Waals surface area (Å²) >= 11 is 0. The first kappa shape index (κ1) is 16.1. The molecule has 3 rings (SSSR count). The minimum absolute atomic E-state index is 0.109. The molecule has 0 radical (unpaired) electrons. The molecule has 0 amide bonds. The maximum absolute atomic E-state index is 13.0. The second-order valence-corrected chi connectivity index (χ2v) is 8.03. The van der Waals surface area contributed by atoms with Gasteiger partial charge in [-0.2, -0.15) is 4.31 Å². The van der Waals surface area contributed by atoms with Crippen LogP contribution in [-0.2, 0) is 22.2 Å². The van der Waals surface area contributed by atoms with E-state index >= 15 is 0 Å². The van der Waals surface area contributed by atoms with Gasteiger partial charge in [-0.25, -0.2) is 12.8 Å². The fourth-order valence-corrected chi connectivity index (χ4v) is 4.62. The van der Waals surface area contributed by atoms with Crippen molar-refractivity contribution < 1.29 is 12.8 Å². The first-order valence-corrected chi connectivity index (χ1v) is 9.36. The van der Waals surface area contributed by atoms with Gasteiger partial charge in [-0.05, 0) is 48.1 Å². The fourth-order valence-electron chi connectivity index (χ4n) is 3.19. The summed E-state index contributed by atoms with van der Waals surface area (Å²) in [6.45, 7) is 0. The van der Waals surface area contributed by atoms with Crippen LogP contribution in [0.2, 0.25) is 0 Å². The van der Waals surface area contributed by atoms with E-state index in [0.717, 1.165) is 24.8 Å². The molecule has 0 aliphatic heterocycles. The summed E-state index contributed by atoms with van der Waals surface area (Å²) in [6.07, 6.45) is 2.81. The molecule has 0 aromatic heterocycles. The molecule has 0 N–H and O–H groups in total. The van der Waals surface area contributed by atoms with E-state index in [1.165, 1.54) is 34.1 Å². The number of halogens is 1. The Hall–Kier alpha value is -1.72. The van der Waals surface area contributed by atoms with E-state index in [2.05, 4.69) is 6.07 Å². The summed E-state index contributed by atoms with van der Waals surface area (Å²) in [5.74, 6) is -0.469. The molecule has 0 spiro atoms. The first-order valence-electron chi connectivity index (χ1n) is 7.75. The van der Waals surface area contributed by atoms with E-state index in [0.29, 0.717) is 5.56 Å². The molecule has 2 aromatic carbocycles. The second kappa shape index (κ2) is 6.42. The summed E-state index contributed by atoms with van der Waals surface area (Å²) in [4.78, 5) is 0. The lowest BCUT2D eigenvalue weighted by Crippen LogP contribution is -2.34. The van der Waals surface area contributed by atoms with Crippen LogP contribution in [0.25, 0.3) is 0 Å². The van der Waals surface area contributed by atoms with Crippen molar-refractivity contribution in [1.29, 1.82) is 0 Å². The Morgan fingerprint density at radius 3 is 2.57 bits per heavy atom. The van der Waals surface area contributed by atoms with Gasteiger partial charge in [-0.3, -0.25) is 0 Å². The van der Waals surface area contributed by atoms with Gasteiger partial charge in [-0.15, -0.1) is 0 Å². The Morgan fingerprint density at radius 2 is 1.83 bits per heavy atom. The van der Waals surface area contributed by atoms with Crippen molar-refractivity contribution in [2.45, 2.75) is 31.1 Å². The third kappa shape index (κ3) is 3.46. The molecule has 0 bridgehead atoms. The molecule has 5 heteroatoms. The zero-order valence-electron chi connectivity index (χ0n) is 13.1. The average Bonchev–Trinajstić information content (AvgIpc) is 2.55. The smallest absolute Gasteiger partial charge is 0.212 e. The highest BCUT2D eigenvalue weighted by Gasteiger charge is 2.30. The van der Waals surface area contributed by atoms with Crippen LogP contribution in [0.3, 0.4) is 0 Å². The minimum Gasteiger partial charge on any atom is -0.212 e. The molecule has 0 unspecified atom stereocenters.